The van der Waals surface area contributed by atoms with Crippen molar-refractivity contribution in [1.82, 2.24) is 0 Å². The van der Waals surface area contributed by atoms with E-state index in [2.05, 4.69) is 29.2 Å². The summed E-state index contributed by atoms with van der Waals surface area (Å²) in [7, 11) is 0. The molecule has 0 N–H and O–H groups in total. The predicted octanol–water partition coefficient (Wildman–Crippen LogP) is 3.76. The Morgan fingerprint density at radius 1 is 1.52 bits per heavy atom. The van der Waals surface area contributed by atoms with Gasteiger partial charge >= 0.3 is 5.97 Å². The number of benzene rings is 1. The number of halogens is 1. The van der Waals surface area contributed by atoms with Gasteiger partial charge in [0.15, 0.2) is 0 Å². The number of ether oxygens (including phenoxy) is 4. The van der Waals surface area contributed by atoms with E-state index in [4.69, 9.17) is 18.9 Å². The van der Waals surface area contributed by atoms with Gasteiger partial charge in [0.2, 0.25) is 6.79 Å². The van der Waals surface area contributed by atoms with Crippen LogP contribution in [0.4, 0.5) is 0 Å². The molecular weight excluding hydrogens is 411 g/mol. The standard InChI is InChI=1S/C17H21IO5/c1-4-20-11-22-15-6-5-13(18)9-14(15)16(19)23-17(12(2)3)7-8-21-10-17/h4-6,9,12H,1,7-8,10-11H2,2-3H3. The topological polar surface area (TPSA) is 54.0 Å². The lowest BCUT2D eigenvalue weighted by molar-refractivity contribution is -0.0473. The summed E-state index contributed by atoms with van der Waals surface area (Å²) < 4.78 is 22.7. The average Bonchev–Trinajstić information content (AvgIpc) is 2.98. The van der Waals surface area contributed by atoms with Gasteiger partial charge in [-0.3, -0.25) is 0 Å². The van der Waals surface area contributed by atoms with Crippen molar-refractivity contribution in [2.24, 2.45) is 5.92 Å². The van der Waals surface area contributed by atoms with E-state index >= 15 is 0 Å². The predicted molar refractivity (Wildman–Crippen MR) is 94.4 cm³/mol. The maximum atomic E-state index is 12.7. The number of hydrogen-bond donors (Lipinski definition) is 0. The molecule has 1 aromatic rings. The highest BCUT2D eigenvalue weighted by Crippen LogP contribution is 2.33. The number of carbonyl (C=O) groups is 1. The molecule has 1 unspecified atom stereocenters. The van der Waals surface area contributed by atoms with Crippen LogP contribution in [0.5, 0.6) is 5.75 Å². The highest BCUT2D eigenvalue weighted by Gasteiger charge is 2.42. The van der Waals surface area contributed by atoms with Crippen molar-refractivity contribution in [3.05, 3.63) is 40.2 Å². The van der Waals surface area contributed by atoms with E-state index in [0.717, 1.165) is 3.57 Å². The van der Waals surface area contributed by atoms with Crippen molar-refractivity contribution >= 4 is 28.6 Å². The van der Waals surface area contributed by atoms with Gasteiger partial charge < -0.3 is 18.9 Å². The Balaban J connectivity index is 2.20. The van der Waals surface area contributed by atoms with Crippen LogP contribution < -0.4 is 4.74 Å². The fourth-order valence-corrected chi connectivity index (χ4v) is 2.88. The Hall–Kier alpha value is -1.28. The van der Waals surface area contributed by atoms with Gasteiger partial charge in [0.25, 0.3) is 0 Å². The molecule has 2 rings (SSSR count). The largest absolute Gasteiger partial charge is 0.466 e. The molecule has 1 atom stereocenters. The maximum Gasteiger partial charge on any atom is 0.342 e. The van der Waals surface area contributed by atoms with E-state index < -0.39 is 11.6 Å². The Kier molecular flexibility index (Phi) is 6.29. The molecule has 0 aliphatic carbocycles. The highest BCUT2D eigenvalue weighted by atomic mass is 127. The van der Waals surface area contributed by atoms with Crippen LogP contribution in [0.1, 0.15) is 30.6 Å². The number of carbonyl (C=O) groups excluding carboxylic acids is 1. The molecule has 0 radical (unpaired) electrons. The molecule has 0 bridgehead atoms. The molecule has 126 valence electrons. The third-order valence-corrected chi connectivity index (χ3v) is 4.60. The van der Waals surface area contributed by atoms with Gasteiger partial charge in [-0.05, 0) is 46.7 Å². The monoisotopic (exact) mass is 432 g/mol. The zero-order valence-electron chi connectivity index (χ0n) is 13.3. The van der Waals surface area contributed by atoms with Crippen LogP contribution in [0.3, 0.4) is 0 Å². The summed E-state index contributed by atoms with van der Waals surface area (Å²) in [5.74, 6) is 0.191. The molecule has 23 heavy (non-hydrogen) atoms. The van der Waals surface area contributed by atoms with Gasteiger partial charge in [0.1, 0.15) is 16.9 Å². The average molecular weight is 432 g/mol. The van der Waals surface area contributed by atoms with Crippen molar-refractivity contribution < 1.29 is 23.7 Å². The Bertz CT molecular complexity index is 564. The van der Waals surface area contributed by atoms with E-state index in [0.29, 0.717) is 30.9 Å². The minimum Gasteiger partial charge on any atom is -0.466 e. The number of esters is 1. The second-order valence-electron chi connectivity index (χ2n) is 5.65. The molecule has 1 fully saturated rings. The first-order valence-electron chi connectivity index (χ1n) is 7.44. The fraction of sp³-hybridized carbons (Fsp3) is 0.471. The van der Waals surface area contributed by atoms with Gasteiger partial charge in [0, 0.05) is 9.99 Å². The summed E-state index contributed by atoms with van der Waals surface area (Å²) in [6.45, 7) is 8.54. The first kappa shape index (κ1) is 18.1. The molecule has 0 aromatic heterocycles. The molecule has 1 aliphatic rings. The first-order chi connectivity index (χ1) is 11.0. The van der Waals surface area contributed by atoms with Crippen molar-refractivity contribution in [2.45, 2.75) is 25.9 Å². The van der Waals surface area contributed by atoms with Crippen LogP contribution in [-0.2, 0) is 14.2 Å². The third kappa shape index (κ3) is 4.38. The summed E-state index contributed by atoms with van der Waals surface area (Å²) in [6.07, 6.45) is 1.99. The van der Waals surface area contributed by atoms with E-state index in [9.17, 15) is 4.79 Å². The van der Waals surface area contributed by atoms with Gasteiger partial charge in [-0.1, -0.05) is 20.4 Å². The second kappa shape index (κ2) is 8.01. The SMILES string of the molecule is C=COCOc1ccc(I)cc1C(=O)OC1(C(C)C)CCOC1. The van der Waals surface area contributed by atoms with Crippen molar-refractivity contribution in [2.75, 3.05) is 20.0 Å². The summed E-state index contributed by atoms with van der Waals surface area (Å²) >= 11 is 2.15. The summed E-state index contributed by atoms with van der Waals surface area (Å²) in [5, 5.41) is 0. The zero-order chi connectivity index (χ0) is 16.9. The van der Waals surface area contributed by atoms with E-state index in [1.807, 2.05) is 19.9 Å². The molecular formula is C17H21IO5. The lowest BCUT2D eigenvalue weighted by Crippen LogP contribution is -2.41. The quantitative estimate of drug-likeness (QED) is 0.216. The molecule has 1 saturated heterocycles. The van der Waals surface area contributed by atoms with Crippen molar-refractivity contribution in [1.29, 1.82) is 0 Å². The van der Waals surface area contributed by atoms with E-state index in [-0.39, 0.29) is 12.7 Å². The molecule has 0 amide bonds. The molecule has 5 nitrogen and oxygen atoms in total. The summed E-state index contributed by atoms with van der Waals surface area (Å²) in [6, 6.07) is 5.34. The number of rotatable bonds is 7. The van der Waals surface area contributed by atoms with Gasteiger partial charge in [-0.25, -0.2) is 4.79 Å². The summed E-state index contributed by atoms with van der Waals surface area (Å²) in [4.78, 5) is 12.7. The third-order valence-electron chi connectivity index (χ3n) is 3.93. The molecule has 0 spiro atoms. The minimum absolute atomic E-state index is 0.0111. The first-order valence-corrected chi connectivity index (χ1v) is 8.52. The van der Waals surface area contributed by atoms with Crippen LogP contribution in [0.25, 0.3) is 0 Å². The van der Waals surface area contributed by atoms with Crippen LogP contribution in [0.2, 0.25) is 0 Å². The van der Waals surface area contributed by atoms with Crippen LogP contribution >= 0.6 is 22.6 Å². The summed E-state index contributed by atoms with van der Waals surface area (Å²) in [5.41, 5.74) is -0.191. The van der Waals surface area contributed by atoms with Gasteiger partial charge in [0.05, 0.1) is 19.5 Å². The number of hydrogen-bond acceptors (Lipinski definition) is 5. The van der Waals surface area contributed by atoms with Crippen LogP contribution in [0.15, 0.2) is 31.0 Å². The smallest absolute Gasteiger partial charge is 0.342 e. The lowest BCUT2D eigenvalue weighted by atomic mass is 9.89. The van der Waals surface area contributed by atoms with Gasteiger partial charge in [-0.15, -0.1) is 0 Å². The fourth-order valence-electron chi connectivity index (χ4n) is 2.39. The highest BCUT2D eigenvalue weighted by molar-refractivity contribution is 14.1. The van der Waals surface area contributed by atoms with Gasteiger partial charge in [-0.2, -0.15) is 0 Å². The molecule has 6 heteroatoms. The molecule has 1 aromatic carbocycles. The molecule has 1 aliphatic heterocycles. The van der Waals surface area contributed by atoms with Crippen molar-refractivity contribution in [3.8, 4) is 5.75 Å². The Morgan fingerprint density at radius 2 is 2.30 bits per heavy atom. The van der Waals surface area contributed by atoms with Crippen LogP contribution in [0, 0.1) is 9.49 Å². The second-order valence-corrected chi connectivity index (χ2v) is 6.89. The lowest BCUT2D eigenvalue weighted by Gasteiger charge is -2.31. The Labute approximate surface area is 150 Å². The molecule has 1 heterocycles. The normalized spacial score (nSPS) is 20.3. The van der Waals surface area contributed by atoms with Crippen LogP contribution in [-0.4, -0.2) is 31.6 Å². The minimum atomic E-state index is -0.576. The van der Waals surface area contributed by atoms with Crippen molar-refractivity contribution in [3.63, 3.8) is 0 Å². The Morgan fingerprint density at radius 3 is 2.91 bits per heavy atom. The maximum absolute atomic E-state index is 12.7. The van der Waals surface area contributed by atoms with E-state index in [1.165, 1.54) is 6.26 Å². The zero-order valence-corrected chi connectivity index (χ0v) is 15.5. The van der Waals surface area contributed by atoms with E-state index in [1.54, 1.807) is 12.1 Å². The molecule has 0 saturated carbocycles.